The van der Waals surface area contributed by atoms with Crippen LogP contribution >= 0.6 is 0 Å². The molecule has 0 bridgehead atoms. The second kappa shape index (κ2) is 9.49. The van der Waals surface area contributed by atoms with Gasteiger partial charge in [-0.25, -0.2) is 0 Å². The molecule has 0 saturated carbocycles. The van der Waals surface area contributed by atoms with E-state index in [2.05, 4.69) is 25.8 Å². The molecule has 2 nitrogen and oxygen atoms in total. The second-order valence-corrected chi connectivity index (χ2v) is 5.63. The summed E-state index contributed by atoms with van der Waals surface area (Å²) < 4.78 is 5.35. The number of hydrogen-bond donors (Lipinski definition) is 0. The Labute approximate surface area is 128 Å². The van der Waals surface area contributed by atoms with Gasteiger partial charge in [0.05, 0.1) is 26.6 Å². The molecule has 1 unspecified atom stereocenters. The highest BCUT2D eigenvalue weighted by molar-refractivity contribution is 6.11. The van der Waals surface area contributed by atoms with Gasteiger partial charge in [-0.3, -0.25) is 0 Å². The summed E-state index contributed by atoms with van der Waals surface area (Å²) in [6, 6.07) is 0. The van der Waals surface area contributed by atoms with Gasteiger partial charge in [0.25, 0.3) is 0 Å². The zero-order chi connectivity index (χ0) is 15.8. The maximum absolute atomic E-state index is 6.07. The minimum atomic E-state index is 0.213. The standard InChI is InChI=1S/C13H22BNO.2C2H6/c1-10-7-11(14)5-4-6-12(10)15(3)13(2)8-16-9-13;2*1-2/h11H,4-9H2,1-3H3;2*1-2H3. The van der Waals surface area contributed by atoms with E-state index in [-0.39, 0.29) is 5.54 Å². The molecule has 0 aromatic carbocycles. The zero-order valence-electron chi connectivity index (χ0n) is 14.8. The maximum atomic E-state index is 6.07. The quantitative estimate of drug-likeness (QED) is 0.687. The molecule has 1 aliphatic carbocycles. The van der Waals surface area contributed by atoms with Crippen LogP contribution in [0.15, 0.2) is 11.3 Å². The second-order valence-electron chi connectivity index (χ2n) is 5.63. The Hall–Kier alpha value is -0.435. The van der Waals surface area contributed by atoms with Crippen LogP contribution in [0, 0.1) is 0 Å². The van der Waals surface area contributed by atoms with E-state index in [1.807, 2.05) is 27.7 Å². The number of allylic oxidation sites excluding steroid dienone is 2. The molecule has 0 amide bonds. The number of ether oxygens (including phenoxy) is 1. The Kier molecular flexibility index (Phi) is 9.29. The Morgan fingerprint density at radius 2 is 1.75 bits per heavy atom. The van der Waals surface area contributed by atoms with E-state index in [0.29, 0.717) is 5.82 Å². The third-order valence-corrected chi connectivity index (χ3v) is 4.09. The van der Waals surface area contributed by atoms with Gasteiger partial charge < -0.3 is 9.64 Å². The highest BCUT2D eigenvalue weighted by atomic mass is 16.5. The summed E-state index contributed by atoms with van der Waals surface area (Å²) in [7, 11) is 8.27. The van der Waals surface area contributed by atoms with E-state index >= 15 is 0 Å². The fraction of sp³-hybridized carbons (Fsp3) is 0.882. The maximum Gasteiger partial charge on any atom is 0.0833 e. The van der Waals surface area contributed by atoms with Crippen molar-refractivity contribution in [3.05, 3.63) is 11.3 Å². The predicted octanol–water partition coefficient (Wildman–Crippen LogP) is 4.56. The summed E-state index contributed by atoms with van der Waals surface area (Å²) in [6.07, 6.45) is 4.60. The first-order valence-electron chi connectivity index (χ1n) is 8.29. The first-order valence-corrected chi connectivity index (χ1v) is 8.29. The predicted molar refractivity (Wildman–Crippen MR) is 90.4 cm³/mol. The molecular weight excluding hydrogens is 245 g/mol. The summed E-state index contributed by atoms with van der Waals surface area (Å²) >= 11 is 0. The Balaban J connectivity index is 0.000000829. The third-order valence-electron chi connectivity index (χ3n) is 4.09. The van der Waals surface area contributed by atoms with Gasteiger partial charge in [-0.2, -0.15) is 0 Å². The van der Waals surface area contributed by atoms with Gasteiger partial charge in [-0.15, -0.1) is 0 Å². The molecule has 1 aliphatic heterocycles. The van der Waals surface area contributed by atoms with Crippen molar-refractivity contribution in [2.75, 3.05) is 20.3 Å². The van der Waals surface area contributed by atoms with E-state index in [4.69, 9.17) is 12.6 Å². The lowest BCUT2D eigenvalue weighted by Gasteiger charge is -2.48. The van der Waals surface area contributed by atoms with Crippen molar-refractivity contribution in [3.63, 3.8) is 0 Å². The summed E-state index contributed by atoms with van der Waals surface area (Å²) in [5, 5.41) is 0. The SMILES string of the molecule is CC.CC.[B]C1CCCC(N(C)C2(C)COC2)=C(C)C1. The van der Waals surface area contributed by atoms with Crippen LogP contribution in [0.1, 0.15) is 67.2 Å². The highest BCUT2D eigenvalue weighted by Crippen LogP contribution is 2.35. The minimum Gasteiger partial charge on any atom is -0.376 e. The number of hydrogen-bond acceptors (Lipinski definition) is 2. The van der Waals surface area contributed by atoms with Crippen LogP contribution in [-0.2, 0) is 4.74 Å². The van der Waals surface area contributed by atoms with Crippen molar-refractivity contribution < 1.29 is 4.74 Å². The fourth-order valence-electron chi connectivity index (χ4n) is 2.73. The molecule has 2 aliphatic rings. The van der Waals surface area contributed by atoms with Crippen LogP contribution in [0.5, 0.6) is 0 Å². The molecule has 20 heavy (non-hydrogen) atoms. The van der Waals surface area contributed by atoms with Gasteiger partial charge in [0, 0.05) is 12.7 Å². The van der Waals surface area contributed by atoms with Gasteiger partial charge in [0.1, 0.15) is 0 Å². The molecule has 3 heteroatoms. The molecule has 116 valence electrons. The van der Waals surface area contributed by atoms with Crippen molar-refractivity contribution in [2.24, 2.45) is 0 Å². The summed E-state index contributed by atoms with van der Waals surface area (Å²) in [5.41, 5.74) is 3.18. The smallest absolute Gasteiger partial charge is 0.0833 e. The van der Waals surface area contributed by atoms with Crippen molar-refractivity contribution in [1.29, 1.82) is 0 Å². The normalized spacial score (nSPS) is 24.2. The third kappa shape index (κ3) is 4.84. The monoisotopic (exact) mass is 279 g/mol. The van der Waals surface area contributed by atoms with E-state index in [1.165, 1.54) is 24.1 Å². The van der Waals surface area contributed by atoms with Crippen LogP contribution in [0.2, 0.25) is 5.82 Å². The number of likely N-dealkylation sites (N-methyl/N-ethyl adjacent to an activating group) is 1. The lowest BCUT2D eigenvalue weighted by molar-refractivity contribution is -0.111. The summed E-state index contributed by atoms with van der Waals surface area (Å²) in [5.74, 6) is 0.358. The van der Waals surface area contributed by atoms with Crippen LogP contribution in [0.3, 0.4) is 0 Å². The topological polar surface area (TPSA) is 12.5 Å². The molecule has 0 aromatic rings. The first kappa shape index (κ1) is 19.6. The van der Waals surface area contributed by atoms with E-state index in [1.54, 1.807) is 0 Å². The van der Waals surface area contributed by atoms with E-state index < -0.39 is 0 Å². The molecule has 1 atom stereocenters. The van der Waals surface area contributed by atoms with Crippen molar-refractivity contribution >= 4 is 7.85 Å². The number of rotatable bonds is 2. The molecule has 0 spiro atoms. The van der Waals surface area contributed by atoms with Crippen LogP contribution in [-0.4, -0.2) is 38.5 Å². The lowest BCUT2D eigenvalue weighted by Crippen LogP contribution is -2.58. The molecule has 0 N–H and O–H groups in total. The van der Waals surface area contributed by atoms with Crippen molar-refractivity contribution in [1.82, 2.24) is 4.90 Å². The van der Waals surface area contributed by atoms with Crippen LogP contribution in [0.4, 0.5) is 0 Å². The van der Waals surface area contributed by atoms with Gasteiger partial charge >= 0.3 is 0 Å². The van der Waals surface area contributed by atoms with Gasteiger partial charge in [0.2, 0.25) is 0 Å². The largest absolute Gasteiger partial charge is 0.376 e. The molecule has 2 radical (unpaired) electrons. The Morgan fingerprint density at radius 1 is 1.20 bits per heavy atom. The molecule has 1 heterocycles. The zero-order valence-corrected chi connectivity index (χ0v) is 14.8. The molecular formula is C17H34BNO. The lowest BCUT2D eigenvalue weighted by atomic mass is 9.80. The van der Waals surface area contributed by atoms with E-state index in [0.717, 1.165) is 26.1 Å². The average molecular weight is 279 g/mol. The minimum absolute atomic E-state index is 0.213. The van der Waals surface area contributed by atoms with Crippen molar-refractivity contribution in [3.8, 4) is 0 Å². The average Bonchev–Trinajstić information content (AvgIpc) is 2.60. The van der Waals surface area contributed by atoms with Gasteiger partial charge in [-0.05, 0) is 33.1 Å². The van der Waals surface area contributed by atoms with Crippen molar-refractivity contribution in [2.45, 2.75) is 78.6 Å². The molecule has 0 aromatic heterocycles. The van der Waals surface area contributed by atoms with Crippen LogP contribution < -0.4 is 0 Å². The summed E-state index contributed by atoms with van der Waals surface area (Å²) in [4.78, 5) is 2.43. The first-order chi connectivity index (χ1) is 9.53. The van der Waals surface area contributed by atoms with Gasteiger partial charge in [-0.1, -0.05) is 45.5 Å². The molecule has 1 fully saturated rings. The fourth-order valence-corrected chi connectivity index (χ4v) is 2.73. The Morgan fingerprint density at radius 3 is 2.20 bits per heavy atom. The summed E-state index contributed by atoms with van der Waals surface area (Å²) in [6.45, 7) is 14.2. The van der Waals surface area contributed by atoms with Crippen LogP contribution in [0.25, 0.3) is 0 Å². The Bertz CT molecular complexity index is 297. The van der Waals surface area contributed by atoms with E-state index in [9.17, 15) is 0 Å². The highest BCUT2D eigenvalue weighted by Gasteiger charge is 2.38. The number of nitrogens with zero attached hydrogens (tertiary/aromatic N) is 1. The molecule has 2 rings (SSSR count). The van der Waals surface area contributed by atoms with Gasteiger partial charge in [0.15, 0.2) is 0 Å². The molecule has 1 saturated heterocycles.